The highest BCUT2D eigenvalue weighted by Gasteiger charge is 2.20. The number of hydrogen-bond donors (Lipinski definition) is 0. The van der Waals surface area contributed by atoms with Crippen molar-refractivity contribution in [3.63, 3.8) is 0 Å². The molecule has 1 aromatic carbocycles. The van der Waals surface area contributed by atoms with E-state index in [1.807, 2.05) is 35.0 Å². The molecule has 1 heterocycles. The van der Waals surface area contributed by atoms with E-state index in [0.29, 0.717) is 18.4 Å². The van der Waals surface area contributed by atoms with Crippen molar-refractivity contribution in [2.24, 2.45) is 0 Å². The molecular formula is C19H24N2OS. The van der Waals surface area contributed by atoms with Crippen LogP contribution < -0.4 is 0 Å². The van der Waals surface area contributed by atoms with E-state index in [0.717, 1.165) is 22.8 Å². The standard InChI is InChI=1S/C19H24N2OS/c1-5-21-15(12-18(20-21)19(2,3)4)11-16(23)13-17(22)14-9-7-6-8-10-14/h6-10,12H,5,11,13H2,1-4H3. The molecule has 0 amide bonds. The van der Waals surface area contributed by atoms with Crippen LogP contribution in [0.15, 0.2) is 36.4 Å². The zero-order chi connectivity index (χ0) is 17.0. The molecule has 0 saturated heterocycles. The van der Waals surface area contributed by atoms with Crippen LogP contribution in [-0.2, 0) is 18.4 Å². The lowest BCUT2D eigenvalue weighted by atomic mass is 9.92. The molecule has 0 aliphatic rings. The third kappa shape index (κ3) is 4.58. The molecule has 0 radical (unpaired) electrons. The molecule has 0 unspecified atom stereocenters. The molecule has 0 saturated carbocycles. The second kappa shape index (κ2) is 7.18. The Kier molecular flexibility index (Phi) is 5.47. The van der Waals surface area contributed by atoms with Crippen molar-refractivity contribution in [3.05, 3.63) is 53.3 Å². The van der Waals surface area contributed by atoms with Crippen molar-refractivity contribution in [2.45, 2.75) is 52.5 Å². The summed E-state index contributed by atoms with van der Waals surface area (Å²) >= 11 is 5.46. The fourth-order valence-electron chi connectivity index (χ4n) is 2.41. The van der Waals surface area contributed by atoms with Gasteiger partial charge in [-0.15, -0.1) is 0 Å². The second-order valence-electron chi connectivity index (χ2n) is 6.77. The van der Waals surface area contributed by atoms with Gasteiger partial charge in [0, 0.05) is 40.9 Å². The Morgan fingerprint density at radius 3 is 2.43 bits per heavy atom. The van der Waals surface area contributed by atoms with Gasteiger partial charge in [0.25, 0.3) is 0 Å². The van der Waals surface area contributed by atoms with Gasteiger partial charge in [-0.1, -0.05) is 63.3 Å². The predicted molar refractivity (Wildman–Crippen MR) is 98.3 cm³/mol. The molecule has 122 valence electrons. The summed E-state index contributed by atoms with van der Waals surface area (Å²) < 4.78 is 1.99. The largest absolute Gasteiger partial charge is 0.294 e. The van der Waals surface area contributed by atoms with Gasteiger partial charge in [0.1, 0.15) is 0 Å². The molecule has 0 bridgehead atoms. The molecule has 0 aliphatic carbocycles. The molecule has 0 N–H and O–H groups in total. The van der Waals surface area contributed by atoms with Crippen LogP contribution in [0.1, 0.15) is 55.9 Å². The third-order valence-electron chi connectivity index (χ3n) is 3.76. The Morgan fingerprint density at radius 2 is 1.87 bits per heavy atom. The second-order valence-corrected chi connectivity index (χ2v) is 7.35. The van der Waals surface area contributed by atoms with E-state index in [1.54, 1.807) is 0 Å². The maximum Gasteiger partial charge on any atom is 0.167 e. The lowest BCUT2D eigenvalue weighted by Gasteiger charge is -2.14. The zero-order valence-electron chi connectivity index (χ0n) is 14.3. The number of Topliss-reactive ketones (excluding diaryl/α,β-unsaturated/α-hetero) is 1. The maximum atomic E-state index is 12.3. The van der Waals surface area contributed by atoms with E-state index in [1.165, 1.54) is 0 Å². The van der Waals surface area contributed by atoms with Crippen LogP contribution >= 0.6 is 12.2 Å². The number of hydrogen-bond acceptors (Lipinski definition) is 3. The summed E-state index contributed by atoms with van der Waals surface area (Å²) in [5.74, 6) is 0.0780. The predicted octanol–water partition coefficient (Wildman–Crippen LogP) is 4.39. The monoisotopic (exact) mass is 328 g/mol. The molecule has 0 aliphatic heterocycles. The summed E-state index contributed by atoms with van der Waals surface area (Å²) in [6.07, 6.45) is 0.921. The van der Waals surface area contributed by atoms with E-state index in [2.05, 4.69) is 38.9 Å². The number of carbonyl (C=O) groups excluding carboxylic acids is 1. The summed E-state index contributed by atoms with van der Waals surface area (Å²) in [6, 6.07) is 11.4. The highest BCUT2D eigenvalue weighted by molar-refractivity contribution is 7.80. The number of rotatable bonds is 6. The first-order valence-electron chi connectivity index (χ1n) is 7.98. The molecule has 4 heteroatoms. The minimum Gasteiger partial charge on any atom is -0.294 e. The summed E-state index contributed by atoms with van der Waals surface area (Å²) in [5.41, 5.74) is 2.88. The Balaban J connectivity index is 2.08. The number of carbonyl (C=O) groups is 1. The normalized spacial score (nSPS) is 11.5. The maximum absolute atomic E-state index is 12.3. The van der Waals surface area contributed by atoms with Crippen molar-refractivity contribution in [3.8, 4) is 0 Å². The molecular weight excluding hydrogens is 304 g/mol. The summed E-state index contributed by atoms with van der Waals surface area (Å²) in [6.45, 7) is 9.32. The number of aryl methyl sites for hydroxylation is 1. The number of aromatic nitrogens is 2. The molecule has 3 nitrogen and oxygen atoms in total. The molecule has 0 fully saturated rings. The lowest BCUT2D eigenvalue weighted by Crippen LogP contribution is -2.13. The van der Waals surface area contributed by atoms with E-state index < -0.39 is 0 Å². The van der Waals surface area contributed by atoms with E-state index in [4.69, 9.17) is 12.2 Å². The molecule has 23 heavy (non-hydrogen) atoms. The zero-order valence-corrected chi connectivity index (χ0v) is 15.1. The average Bonchev–Trinajstić information content (AvgIpc) is 2.91. The lowest BCUT2D eigenvalue weighted by molar-refractivity contribution is 0.100. The summed E-state index contributed by atoms with van der Waals surface area (Å²) in [7, 11) is 0. The summed E-state index contributed by atoms with van der Waals surface area (Å²) in [4.78, 5) is 13.0. The Hall–Kier alpha value is -1.81. The van der Waals surface area contributed by atoms with Crippen LogP contribution in [0.2, 0.25) is 0 Å². The summed E-state index contributed by atoms with van der Waals surface area (Å²) in [5, 5.41) is 4.66. The van der Waals surface area contributed by atoms with Crippen LogP contribution in [0, 0.1) is 0 Å². The number of ketones is 1. The van der Waals surface area contributed by atoms with Crippen molar-refractivity contribution >= 4 is 22.9 Å². The first-order valence-corrected chi connectivity index (χ1v) is 8.39. The van der Waals surface area contributed by atoms with Crippen molar-refractivity contribution in [1.82, 2.24) is 9.78 Å². The molecule has 2 aromatic rings. The van der Waals surface area contributed by atoms with Crippen LogP contribution in [0.5, 0.6) is 0 Å². The van der Waals surface area contributed by atoms with Gasteiger partial charge in [-0.3, -0.25) is 9.48 Å². The minimum absolute atomic E-state index is 0.0106. The fourth-order valence-corrected chi connectivity index (χ4v) is 2.69. The van der Waals surface area contributed by atoms with Gasteiger partial charge in [-0.05, 0) is 13.0 Å². The van der Waals surface area contributed by atoms with Crippen molar-refractivity contribution < 1.29 is 4.79 Å². The topological polar surface area (TPSA) is 34.9 Å². The minimum atomic E-state index is 0.0106. The Morgan fingerprint density at radius 1 is 1.22 bits per heavy atom. The average molecular weight is 328 g/mol. The molecule has 0 atom stereocenters. The van der Waals surface area contributed by atoms with Crippen LogP contribution in [0.3, 0.4) is 0 Å². The van der Waals surface area contributed by atoms with Crippen LogP contribution in [0.25, 0.3) is 0 Å². The van der Waals surface area contributed by atoms with E-state index >= 15 is 0 Å². The van der Waals surface area contributed by atoms with Crippen molar-refractivity contribution in [1.29, 1.82) is 0 Å². The third-order valence-corrected chi connectivity index (χ3v) is 4.05. The highest BCUT2D eigenvalue weighted by atomic mass is 32.1. The van der Waals surface area contributed by atoms with Gasteiger partial charge in [0.15, 0.2) is 5.78 Å². The number of nitrogens with zero attached hydrogens (tertiary/aromatic N) is 2. The van der Waals surface area contributed by atoms with Gasteiger partial charge in [-0.2, -0.15) is 5.10 Å². The van der Waals surface area contributed by atoms with E-state index in [9.17, 15) is 4.79 Å². The fraction of sp³-hybridized carbons (Fsp3) is 0.421. The molecule has 2 rings (SSSR count). The van der Waals surface area contributed by atoms with Crippen LogP contribution in [0.4, 0.5) is 0 Å². The van der Waals surface area contributed by atoms with Gasteiger partial charge >= 0.3 is 0 Å². The van der Waals surface area contributed by atoms with Crippen LogP contribution in [-0.4, -0.2) is 20.4 Å². The molecule has 0 spiro atoms. The van der Waals surface area contributed by atoms with Gasteiger partial charge < -0.3 is 0 Å². The van der Waals surface area contributed by atoms with Gasteiger partial charge in [0.05, 0.1) is 5.69 Å². The Labute approximate surface area is 143 Å². The quantitative estimate of drug-likeness (QED) is 0.583. The number of benzene rings is 1. The number of thiocarbonyl (C=S) groups is 1. The first-order chi connectivity index (χ1) is 10.8. The molecule has 1 aromatic heterocycles. The van der Waals surface area contributed by atoms with Crippen molar-refractivity contribution in [2.75, 3.05) is 0 Å². The highest BCUT2D eigenvalue weighted by Crippen LogP contribution is 2.22. The Bertz CT molecular complexity index is 696. The van der Waals surface area contributed by atoms with E-state index in [-0.39, 0.29) is 11.2 Å². The smallest absolute Gasteiger partial charge is 0.167 e. The van der Waals surface area contributed by atoms with Gasteiger partial charge in [0.2, 0.25) is 0 Å². The first kappa shape index (κ1) is 17.5. The van der Waals surface area contributed by atoms with Gasteiger partial charge in [-0.25, -0.2) is 0 Å². The SMILES string of the molecule is CCn1nc(C(C)(C)C)cc1CC(=S)CC(=O)c1ccccc1.